The lowest BCUT2D eigenvalue weighted by molar-refractivity contribution is -0.121. The Bertz CT molecular complexity index is 675. The predicted molar refractivity (Wildman–Crippen MR) is 101 cm³/mol. The van der Waals surface area contributed by atoms with Crippen LogP contribution < -0.4 is 10.1 Å². The van der Waals surface area contributed by atoms with E-state index in [4.69, 9.17) is 16.3 Å². The van der Waals surface area contributed by atoms with Crippen LogP contribution in [0.3, 0.4) is 0 Å². The molecule has 0 spiro atoms. The van der Waals surface area contributed by atoms with E-state index in [1.54, 1.807) is 0 Å². The summed E-state index contributed by atoms with van der Waals surface area (Å²) in [6.07, 6.45) is 0. The third-order valence-corrected chi connectivity index (χ3v) is 4.83. The maximum Gasteiger partial charge on any atom is 0.233 e. The van der Waals surface area contributed by atoms with Crippen LogP contribution in [0.2, 0.25) is 5.02 Å². The van der Waals surface area contributed by atoms with Gasteiger partial charge in [-0.3, -0.25) is 4.79 Å². The van der Waals surface area contributed by atoms with E-state index >= 15 is 0 Å². The molecule has 0 saturated carbocycles. The molecular weight excluding hydrogens is 342 g/mol. The first-order valence-electron chi connectivity index (χ1n) is 7.86. The minimum Gasteiger partial charge on any atom is -0.491 e. The van der Waals surface area contributed by atoms with Crippen LogP contribution in [0.25, 0.3) is 0 Å². The van der Waals surface area contributed by atoms with Gasteiger partial charge in [-0.2, -0.15) is 0 Å². The zero-order valence-electron chi connectivity index (χ0n) is 14.1. The molecular formula is C19H22ClNO2S. The summed E-state index contributed by atoms with van der Waals surface area (Å²) in [5.41, 5.74) is 1.09. The highest BCUT2D eigenvalue weighted by Gasteiger charge is 2.17. The van der Waals surface area contributed by atoms with Crippen LogP contribution in [0.5, 0.6) is 5.75 Å². The molecule has 0 aliphatic carbocycles. The summed E-state index contributed by atoms with van der Waals surface area (Å²) in [6.45, 7) is 6.28. The normalized spacial score (nSPS) is 13.2. The van der Waals surface area contributed by atoms with Gasteiger partial charge < -0.3 is 10.1 Å². The number of benzene rings is 2. The zero-order valence-corrected chi connectivity index (χ0v) is 15.7. The standard InChI is InChI=1S/C19H22ClNO2S/c1-13-6-4-5-7-18(13)23-12-14(2)21-19(22)15(3)24-17-10-8-16(20)9-11-17/h4-11,14-15H,12H2,1-3H3,(H,21,22)/t14-,15+/m1/s1. The van der Waals surface area contributed by atoms with Crippen LogP contribution in [-0.2, 0) is 4.79 Å². The topological polar surface area (TPSA) is 38.3 Å². The number of halogens is 1. The van der Waals surface area contributed by atoms with Crippen LogP contribution in [0.15, 0.2) is 53.4 Å². The van der Waals surface area contributed by atoms with Gasteiger partial charge in [-0.25, -0.2) is 0 Å². The number of hydrogen-bond acceptors (Lipinski definition) is 3. The van der Waals surface area contributed by atoms with Crippen molar-refractivity contribution >= 4 is 29.3 Å². The Morgan fingerprint density at radius 2 is 1.83 bits per heavy atom. The fraction of sp³-hybridized carbons (Fsp3) is 0.316. The number of para-hydroxylation sites is 1. The Morgan fingerprint density at radius 3 is 2.50 bits per heavy atom. The van der Waals surface area contributed by atoms with E-state index in [2.05, 4.69) is 5.32 Å². The lowest BCUT2D eigenvalue weighted by atomic mass is 10.2. The predicted octanol–water partition coefficient (Wildman–Crippen LogP) is 4.71. The third-order valence-electron chi connectivity index (χ3n) is 3.47. The summed E-state index contributed by atoms with van der Waals surface area (Å²) in [5, 5.41) is 3.50. The Kier molecular flexibility index (Phi) is 7.00. The first-order chi connectivity index (χ1) is 11.5. The summed E-state index contributed by atoms with van der Waals surface area (Å²) in [4.78, 5) is 13.3. The fourth-order valence-corrected chi connectivity index (χ4v) is 3.11. The second kappa shape index (κ2) is 9.00. The average molecular weight is 364 g/mol. The molecule has 1 amide bonds. The van der Waals surface area contributed by atoms with E-state index < -0.39 is 0 Å². The SMILES string of the molecule is Cc1ccccc1OC[C@@H](C)NC(=O)[C@H](C)Sc1ccc(Cl)cc1. The van der Waals surface area contributed by atoms with Gasteiger partial charge in [-0.15, -0.1) is 11.8 Å². The molecule has 0 fully saturated rings. The van der Waals surface area contributed by atoms with Gasteiger partial charge in [0.05, 0.1) is 11.3 Å². The minimum absolute atomic E-state index is 0.00386. The highest BCUT2D eigenvalue weighted by molar-refractivity contribution is 8.00. The molecule has 0 saturated heterocycles. The lowest BCUT2D eigenvalue weighted by Crippen LogP contribution is -2.40. The van der Waals surface area contributed by atoms with Gasteiger partial charge in [0.1, 0.15) is 12.4 Å². The number of rotatable bonds is 7. The maximum atomic E-state index is 12.3. The number of aryl methyl sites for hydroxylation is 1. The number of amides is 1. The molecule has 0 aromatic heterocycles. The van der Waals surface area contributed by atoms with E-state index in [0.29, 0.717) is 11.6 Å². The first kappa shape index (κ1) is 18.7. The molecule has 0 radical (unpaired) electrons. The van der Waals surface area contributed by atoms with Gasteiger partial charge in [-0.1, -0.05) is 29.8 Å². The smallest absolute Gasteiger partial charge is 0.233 e. The Morgan fingerprint density at radius 1 is 1.17 bits per heavy atom. The number of carbonyl (C=O) groups is 1. The van der Waals surface area contributed by atoms with Crippen LogP contribution in [0.4, 0.5) is 0 Å². The van der Waals surface area contributed by atoms with Crippen molar-refractivity contribution in [1.29, 1.82) is 0 Å². The van der Waals surface area contributed by atoms with Crippen molar-refractivity contribution in [3.63, 3.8) is 0 Å². The number of thioether (sulfide) groups is 1. The fourth-order valence-electron chi connectivity index (χ4n) is 2.11. The molecule has 2 aromatic carbocycles. The second-order valence-electron chi connectivity index (χ2n) is 5.70. The van der Waals surface area contributed by atoms with Crippen LogP contribution in [0, 0.1) is 6.92 Å². The van der Waals surface area contributed by atoms with Crippen molar-refractivity contribution in [1.82, 2.24) is 5.32 Å². The summed E-state index contributed by atoms with van der Waals surface area (Å²) in [7, 11) is 0. The average Bonchev–Trinajstić information content (AvgIpc) is 2.56. The van der Waals surface area contributed by atoms with Crippen molar-refractivity contribution in [3.8, 4) is 5.75 Å². The van der Waals surface area contributed by atoms with Crippen molar-refractivity contribution in [2.45, 2.75) is 37.0 Å². The molecule has 2 atom stereocenters. The second-order valence-corrected chi connectivity index (χ2v) is 7.55. The highest BCUT2D eigenvalue weighted by Crippen LogP contribution is 2.24. The van der Waals surface area contributed by atoms with Gasteiger partial charge >= 0.3 is 0 Å². The molecule has 0 unspecified atom stereocenters. The van der Waals surface area contributed by atoms with Crippen molar-refractivity contribution < 1.29 is 9.53 Å². The summed E-state index contributed by atoms with van der Waals surface area (Å²) in [5.74, 6) is 0.845. The Hall–Kier alpha value is -1.65. The monoisotopic (exact) mass is 363 g/mol. The molecule has 0 heterocycles. The molecule has 0 bridgehead atoms. The Balaban J connectivity index is 1.80. The van der Waals surface area contributed by atoms with Crippen LogP contribution in [-0.4, -0.2) is 23.8 Å². The number of carbonyl (C=O) groups excluding carboxylic acids is 1. The maximum absolute atomic E-state index is 12.3. The lowest BCUT2D eigenvalue weighted by Gasteiger charge is -2.18. The van der Waals surface area contributed by atoms with Gasteiger partial charge in [0.15, 0.2) is 0 Å². The van der Waals surface area contributed by atoms with E-state index in [-0.39, 0.29) is 17.2 Å². The zero-order chi connectivity index (χ0) is 17.5. The number of nitrogens with one attached hydrogen (secondary N) is 1. The molecule has 0 aliphatic rings. The first-order valence-corrected chi connectivity index (χ1v) is 9.12. The summed E-state index contributed by atoms with van der Waals surface area (Å²) in [6, 6.07) is 15.3. The molecule has 0 aliphatic heterocycles. The van der Waals surface area contributed by atoms with Crippen molar-refractivity contribution in [2.24, 2.45) is 0 Å². The summed E-state index contributed by atoms with van der Waals surface area (Å²) >= 11 is 7.38. The highest BCUT2D eigenvalue weighted by atomic mass is 35.5. The van der Waals surface area contributed by atoms with Gasteiger partial charge in [0.2, 0.25) is 5.91 Å². The van der Waals surface area contributed by atoms with Gasteiger partial charge in [0.25, 0.3) is 0 Å². The van der Waals surface area contributed by atoms with Crippen molar-refractivity contribution in [3.05, 3.63) is 59.1 Å². The van der Waals surface area contributed by atoms with E-state index in [9.17, 15) is 4.79 Å². The molecule has 24 heavy (non-hydrogen) atoms. The third kappa shape index (κ3) is 5.77. The van der Waals surface area contributed by atoms with Gasteiger partial charge in [-0.05, 0) is 56.7 Å². The quantitative estimate of drug-likeness (QED) is 0.724. The van der Waals surface area contributed by atoms with Crippen molar-refractivity contribution in [2.75, 3.05) is 6.61 Å². The molecule has 5 heteroatoms. The van der Waals surface area contributed by atoms with Crippen LogP contribution in [0.1, 0.15) is 19.4 Å². The van der Waals surface area contributed by atoms with E-state index in [1.807, 2.05) is 69.3 Å². The molecule has 2 rings (SSSR count). The molecule has 2 aromatic rings. The van der Waals surface area contributed by atoms with E-state index in [1.165, 1.54) is 11.8 Å². The van der Waals surface area contributed by atoms with Gasteiger partial charge in [0, 0.05) is 9.92 Å². The molecule has 128 valence electrons. The largest absolute Gasteiger partial charge is 0.491 e. The minimum atomic E-state index is -0.188. The number of ether oxygens (including phenoxy) is 1. The Labute approximate surface area is 152 Å². The number of hydrogen-bond donors (Lipinski definition) is 1. The van der Waals surface area contributed by atoms with Crippen LogP contribution >= 0.6 is 23.4 Å². The molecule has 3 nitrogen and oxygen atoms in total. The summed E-state index contributed by atoms with van der Waals surface area (Å²) < 4.78 is 5.77. The molecule has 1 N–H and O–H groups in total. The van der Waals surface area contributed by atoms with E-state index in [0.717, 1.165) is 16.2 Å².